The maximum Gasteiger partial charge on any atom is 0.246 e. The average molecular weight is 337 g/mol. The number of hydrogen-bond donors (Lipinski definition) is 2. The number of aryl methyl sites for hydroxylation is 1. The van der Waals surface area contributed by atoms with E-state index in [2.05, 4.69) is 20.5 Å². The van der Waals surface area contributed by atoms with Crippen molar-refractivity contribution in [1.82, 2.24) is 25.4 Å². The lowest BCUT2D eigenvalue weighted by Gasteiger charge is -2.37. The summed E-state index contributed by atoms with van der Waals surface area (Å²) in [5.41, 5.74) is 0. The molecule has 0 bridgehead atoms. The van der Waals surface area contributed by atoms with Crippen LogP contribution in [0, 0.1) is 6.92 Å². The molecule has 1 aromatic rings. The third-order valence-electron chi connectivity index (χ3n) is 4.55. The van der Waals surface area contributed by atoms with Crippen molar-refractivity contribution in [1.29, 1.82) is 0 Å². The smallest absolute Gasteiger partial charge is 0.246 e. The Morgan fingerprint density at radius 3 is 2.61 bits per heavy atom. The van der Waals surface area contributed by atoms with Crippen LogP contribution in [-0.4, -0.2) is 61.5 Å². The van der Waals surface area contributed by atoms with E-state index in [0.717, 1.165) is 24.5 Å². The highest BCUT2D eigenvalue weighted by Gasteiger charge is 2.39. The van der Waals surface area contributed by atoms with Gasteiger partial charge in [-0.3, -0.25) is 14.7 Å². The summed E-state index contributed by atoms with van der Waals surface area (Å²) in [5, 5.41) is 9.97. The summed E-state index contributed by atoms with van der Waals surface area (Å²) in [6.07, 6.45) is 1.73. The second-order valence-corrected chi connectivity index (χ2v) is 8.37. The van der Waals surface area contributed by atoms with Crippen LogP contribution in [0.4, 0.5) is 0 Å². The van der Waals surface area contributed by atoms with E-state index in [1.165, 1.54) is 0 Å². The molecule has 1 atom stereocenters. The summed E-state index contributed by atoms with van der Waals surface area (Å²) < 4.78 is -0.451. The molecule has 0 unspecified atom stereocenters. The summed E-state index contributed by atoms with van der Waals surface area (Å²) in [6.45, 7) is 7.05. The highest BCUT2D eigenvalue weighted by Crippen LogP contribution is 2.31. The largest absolute Gasteiger partial charge is 0.342 e. The molecule has 2 fully saturated rings. The van der Waals surface area contributed by atoms with Crippen LogP contribution in [0.5, 0.6) is 0 Å². The Labute approximate surface area is 140 Å². The Bertz CT molecular complexity index is 607. The van der Waals surface area contributed by atoms with Gasteiger partial charge in [-0.2, -0.15) is 5.10 Å². The van der Waals surface area contributed by atoms with Crippen LogP contribution in [0.2, 0.25) is 0 Å². The van der Waals surface area contributed by atoms with Crippen molar-refractivity contribution in [3.8, 4) is 0 Å². The van der Waals surface area contributed by atoms with Gasteiger partial charge < -0.3 is 10.2 Å². The number of nitrogens with zero attached hydrogens (tertiary/aromatic N) is 3. The number of aromatic nitrogens is 3. The van der Waals surface area contributed by atoms with Gasteiger partial charge in [0, 0.05) is 24.8 Å². The third kappa shape index (κ3) is 3.36. The molecule has 0 aliphatic carbocycles. The molecule has 2 saturated heterocycles. The van der Waals surface area contributed by atoms with Crippen molar-refractivity contribution in [2.75, 3.05) is 18.8 Å². The number of thioether (sulfide) groups is 1. The fraction of sp³-hybridized carbons (Fsp3) is 0.733. The van der Waals surface area contributed by atoms with Crippen molar-refractivity contribution in [2.24, 2.45) is 0 Å². The van der Waals surface area contributed by atoms with Crippen LogP contribution in [0.3, 0.4) is 0 Å². The molecule has 0 saturated carbocycles. The molecule has 23 heavy (non-hydrogen) atoms. The van der Waals surface area contributed by atoms with E-state index in [4.69, 9.17) is 0 Å². The molecule has 0 aromatic carbocycles. The van der Waals surface area contributed by atoms with E-state index in [1.807, 2.05) is 25.7 Å². The minimum atomic E-state index is -0.451. The molecule has 2 amide bonds. The fourth-order valence-corrected chi connectivity index (χ4v) is 3.98. The molecule has 2 aliphatic heterocycles. The lowest BCUT2D eigenvalue weighted by molar-refractivity contribution is -0.137. The van der Waals surface area contributed by atoms with E-state index < -0.39 is 10.8 Å². The van der Waals surface area contributed by atoms with Crippen LogP contribution < -0.4 is 5.32 Å². The highest BCUT2D eigenvalue weighted by molar-refractivity contribution is 8.01. The first kappa shape index (κ1) is 16.3. The first-order chi connectivity index (χ1) is 10.9. The number of H-pyrrole nitrogens is 1. The minimum Gasteiger partial charge on any atom is -0.342 e. The van der Waals surface area contributed by atoms with E-state index in [-0.39, 0.29) is 11.8 Å². The van der Waals surface area contributed by atoms with Gasteiger partial charge >= 0.3 is 0 Å². The van der Waals surface area contributed by atoms with Gasteiger partial charge in [0.2, 0.25) is 11.8 Å². The lowest BCUT2D eigenvalue weighted by Crippen LogP contribution is -2.58. The lowest BCUT2D eigenvalue weighted by atomic mass is 9.95. The van der Waals surface area contributed by atoms with Gasteiger partial charge in [0.15, 0.2) is 5.82 Å². The number of rotatable bonds is 2. The second-order valence-electron chi connectivity index (χ2n) is 6.73. The van der Waals surface area contributed by atoms with Crippen molar-refractivity contribution in [2.45, 2.75) is 50.3 Å². The average Bonchev–Trinajstić information content (AvgIpc) is 2.96. The number of hydrogen-bond acceptors (Lipinski definition) is 5. The van der Waals surface area contributed by atoms with Gasteiger partial charge in [-0.05, 0) is 33.6 Å². The summed E-state index contributed by atoms with van der Waals surface area (Å²) in [4.78, 5) is 30.9. The molecule has 0 radical (unpaired) electrons. The summed E-state index contributed by atoms with van der Waals surface area (Å²) in [7, 11) is 0. The van der Waals surface area contributed by atoms with E-state index in [0.29, 0.717) is 24.8 Å². The molecule has 1 aromatic heterocycles. The zero-order chi connectivity index (χ0) is 16.6. The van der Waals surface area contributed by atoms with Gasteiger partial charge in [-0.25, -0.2) is 4.98 Å². The van der Waals surface area contributed by atoms with Crippen LogP contribution in [0.15, 0.2) is 0 Å². The maximum absolute atomic E-state index is 12.6. The summed E-state index contributed by atoms with van der Waals surface area (Å²) in [6, 6.07) is -0.400. The van der Waals surface area contributed by atoms with Crippen molar-refractivity contribution >= 4 is 23.6 Å². The predicted octanol–water partition coefficient (Wildman–Crippen LogP) is 0.829. The Morgan fingerprint density at radius 2 is 2.04 bits per heavy atom. The van der Waals surface area contributed by atoms with Crippen LogP contribution in [0.25, 0.3) is 0 Å². The number of amides is 2. The number of piperidine rings is 1. The van der Waals surface area contributed by atoms with Gasteiger partial charge in [0.05, 0.1) is 4.75 Å². The monoisotopic (exact) mass is 337 g/mol. The van der Waals surface area contributed by atoms with Crippen LogP contribution in [-0.2, 0) is 9.59 Å². The second kappa shape index (κ2) is 6.14. The topological polar surface area (TPSA) is 91.0 Å². The number of aromatic amines is 1. The number of carbonyl (C=O) groups excluding carboxylic acids is 2. The van der Waals surface area contributed by atoms with Crippen molar-refractivity contribution in [3.05, 3.63) is 11.6 Å². The molecule has 126 valence electrons. The van der Waals surface area contributed by atoms with Gasteiger partial charge in [0.25, 0.3) is 0 Å². The van der Waals surface area contributed by atoms with E-state index in [1.54, 1.807) is 11.8 Å². The Hall–Kier alpha value is -1.57. The molecule has 2 N–H and O–H groups in total. The number of likely N-dealkylation sites (tertiary alicyclic amines) is 1. The molecular formula is C15H23N5O2S. The summed E-state index contributed by atoms with van der Waals surface area (Å²) >= 11 is 1.55. The van der Waals surface area contributed by atoms with Crippen molar-refractivity contribution in [3.63, 3.8) is 0 Å². The fourth-order valence-electron chi connectivity index (χ4n) is 2.98. The predicted molar refractivity (Wildman–Crippen MR) is 88.1 cm³/mol. The normalized spacial score (nSPS) is 25.3. The summed E-state index contributed by atoms with van der Waals surface area (Å²) in [5.74, 6) is 2.58. The SMILES string of the molecule is Cc1nc(C2CCN(C(=O)[C@@H]3CSC(C)(C)C(=O)N3)CC2)n[nH]1. The molecule has 3 heterocycles. The molecular weight excluding hydrogens is 314 g/mol. The first-order valence-electron chi connectivity index (χ1n) is 7.99. The van der Waals surface area contributed by atoms with E-state index >= 15 is 0 Å². The third-order valence-corrected chi connectivity index (χ3v) is 5.95. The molecule has 2 aliphatic rings. The Morgan fingerprint density at radius 1 is 1.35 bits per heavy atom. The Kier molecular flexibility index (Phi) is 4.35. The molecule has 0 spiro atoms. The van der Waals surface area contributed by atoms with E-state index in [9.17, 15) is 9.59 Å². The first-order valence-corrected chi connectivity index (χ1v) is 8.98. The Balaban J connectivity index is 1.55. The number of carbonyl (C=O) groups is 2. The zero-order valence-electron chi connectivity index (χ0n) is 13.8. The van der Waals surface area contributed by atoms with Gasteiger partial charge in [-0.15, -0.1) is 11.8 Å². The van der Waals surface area contributed by atoms with Crippen LogP contribution >= 0.6 is 11.8 Å². The molecule has 7 nitrogen and oxygen atoms in total. The standard InChI is InChI=1S/C15H23N5O2S/c1-9-16-12(19-18-9)10-4-6-20(7-5-10)13(21)11-8-23-15(2,3)14(22)17-11/h10-11H,4-8H2,1-3H3,(H,17,22)(H,16,18,19)/t11-/m0/s1. The zero-order valence-corrected chi connectivity index (χ0v) is 14.6. The minimum absolute atomic E-state index is 0.0333. The molecule has 8 heteroatoms. The number of nitrogens with one attached hydrogen (secondary N) is 2. The van der Waals surface area contributed by atoms with Gasteiger partial charge in [-0.1, -0.05) is 0 Å². The van der Waals surface area contributed by atoms with Gasteiger partial charge in [0.1, 0.15) is 11.9 Å². The van der Waals surface area contributed by atoms with Crippen LogP contribution in [0.1, 0.15) is 44.3 Å². The highest BCUT2D eigenvalue weighted by atomic mass is 32.2. The molecule has 3 rings (SSSR count). The van der Waals surface area contributed by atoms with Crippen molar-refractivity contribution < 1.29 is 9.59 Å². The maximum atomic E-state index is 12.6. The quantitative estimate of drug-likeness (QED) is 0.834.